The molecule has 1 heterocycles. The van der Waals surface area contributed by atoms with Crippen LogP contribution in [0.1, 0.15) is 10.5 Å². The number of aromatic carboxylic acids is 1. The van der Waals surface area contributed by atoms with Crippen LogP contribution in [0.4, 0.5) is 10.1 Å². The quantitative estimate of drug-likeness (QED) is 0.814. The molecule has 1 aromatic heterocycles. The number of aromatic nitrogens is 1. The number of ether oxygens (including phenoxy) is 1. The van der Waals surface area contributed by atoms with Crippen LogP contribution in [0, 0.1) is 5.82 Å². The predicted molar refractivity (Wildman–Crippen MR) is 74.8 cm³/mol. The van der Waals surface area contributed by atoms with E-state index in [-0.39, 0.29) is 28.0 Å². The molecule has 2 rings (SSSR count). The van der Waals surface area contributed by atoms with Crippen molar-refractivity contribution in [1.82, 2.24) is 4.98 Å². The molecule has 0 spiro atoms. The molecule has 0 unspecified atom stereocenters. The Balaban J connectivity index is 2.42. The van der Waals surface area contributed by atoms with Crippen molar-refractivity contribution in [2.45, 2.75) is 0 Å². The molecule has 0 saturated carbocycles. The largest absolute Gasteiger partial charge is 0.477 e. The van der Waals surface area contributed by atoms with E-state index in [9.17, 15) is 9.18 Å². The summed E-state index contributed by atoms with van der Waals surface area (Å²) in [5, 5.41) is 8.78. The van der Waals surface area contributed by atoms with Crippen LogP contribution in [0.3, 0.4) is 0 Å². The number of nitrogen functional groups attached to an aromatic ring is 1. The molecule has 8 heteroatoms. The summed E-state index contributed by atoms with van der Waals surface area (Å²) in [4.78, 5) is 14.6. The molecule has 2 aromatic rings. The van der Waals surface area contributed by atoms with Gasteiger partial charge in [0, 0.05) is 6.07 Å². The Morgan fingerprint density at radius 3 is 2.80 bits per heavy atom. The van der Waals surface area contributed by atoms with Crippen LogP contribution in [0.2, 0.25) is 5.02 Å². The molecule has 0 aliphatic carbocycles. The minimum atomic E-state index is -1.23. The van der Waals surface area contributed by atoms with E-state index in [1.165, 1.54) is 18.2 Å². The van der Waals surface area contributed by atoms with E-state index >= 15 is 0 Å². The average molecular weight is 362 g/mol. The van der Waals surface area contributed by atoms with Gasteiger partial charge >= 0.3 is 5.97 Å². The van der Waals surface area contributed by atoms with E-state index in [1.54, 1.807) is 0 Å². The number of anilines is 1. The van der Waals surface area contributed by atoms with E-state index in [1.807, 2.05) is 0 Å². The van der Waals surface area contributed by atoms with Gasteiger partial charge in [0.25, 0.3) is 0 Å². The van der Waals surface area contributed by atoms with Gasteiger partial charge in [0.2, 0.25) is 5.88 Å². The molecular formula is C12H7BrClFN2O3. The van der Waals surface area contributed by atoms with Crippen LogP contribution in [-0.4, -0.2) is 16.1 Å². The van der Waals surface area contributed by atoms with Gasteiger partial charge in [0.1, 0.15) is 11.6 Å². The fourth-order valence-corrected chi connectivity index (χ4v) is 2.06. The van der Waals surface area contributed by atoms with Gasteiger partial charge in [-0.3, -0.25) is 0 Å². The second kappa shape index (κ2) is 5.64. The number of carboxylic acids is 1. The van der Waals surface area contributed by atoms with Crippen molar-refractivity contribution in [2.75, 3.05) is 5.73 Å². The van der Waals surface area contributed by atoms with Crippen LogP contribution >= 0.6 is 27.5 Å². The molecular weight excluding hydrogens is 354 g/mol. The van der Waals surface area contributed by atoms with Gasteiger partial charge < -0.3 is 15.6 Å². The first-order chi connectivity index (χ1) is 9.38. The third kappa shape index (κ3) is 3.00. The second-order valence-electron chi connectivity index (χ2n) is 3.69. The summed E-state index contributed by atoms with van der Waals surface area (Å²) in [6.07, 6.45) is 0. The molecule has 0 amide bonds. The number of carboxylic acid groups (broad SMARTS) is 1. The number of pyridine rings is 1. The van der Waals surface area contributed by atoms with E-state index < -0.39 is 11.8 Å². The molecule has 0 atom stereocenters. The Labute approximate surface area is 126 Å². The highest BCUT2D eigenvalue weighted by Crippen LogP contribution is 2.34. The van der Waals surface area contributed by atoms with E-state index in [4.69, 9.17) is 27.2 Å². The van der Waals surface area contributed by atoms with Gasteiger partial charge in [0.15, 0.2) is 5.69 Å². The lowest BCUT2D eigenvalue weighted by atomic mass is 10.3. The molecule has 0 aliphatic heterocycles. The van der Waals surface area contributed by atoms with E-state index in [0.29, 0.717) is 4.47 Å². The monoisotopic (exact) mass is 360 g/mol. The highest BCUT2D eigenvalue weighted by atomic mass is 79.9. The van der Waals surface area contributed by atoms with Gasteiger partial charge in [-0.05, 0) is 34.1 Å². The van der Waals surface area contributed by atoms with Crippen molar-refractivity contribution < 1.29 is 19.0 Å². The van der Waals surface area contributed by atoms with Gasteiger partial charge in [0.05, 0.1) is 15.2 Å². The maximum atomic E-state index is 13.4. The normalized spacial score (nSPS) is 10.3. The Kier molecular flexibility index (Phi) is 4.10. The standard InChI is InChI=1S/C12H7BrClFN2O3/c13-5-3-6(14)7(15)4-10(5)20-11-8(16)1-2-9(17-11)12(18)19/h1-4H,16H2,(H,18,19). The summed E-state index contributed by atoms with van der Waals surface area (Å²) in [5.74, 6) is -1.96. The van der Waals surface area contributed by atoms with Crippen molar-refractivity contribution in [2.24, 2.45) is 0 Å². The molecule has 3 N–H and O–H groups in total. The number of carbonyl (C=O) groups is 1. The third-order valence-corrected chi connectivity index (χ3v) is 3.20. The van der Waals surface area contributed by atoms with Crippen molar-refractivity contribution in [3.63, 3.8) is 0 Å². The topological polar surface area (TPSA) is 85.4 Å². The fraction of sp³-hybridized carbons (Fsp3) is 0. The zero-order valence-electron chi connectivity index (χ0n) is 9.73. The van der Waals surface area contributed by atoms with Gasteiger partial charge in [-0.1, -0.05) is 11.6 Å². The summed E-state index contributed by atoms with van der Waals surface area (Å²) < 4.78 is 19.1. The Morgan fingerprint density at radius 1 is 1.45 bits per heavy atom. The SMILES string of the molecule is Nc1ccc(C(=O)O)nc1Oc1cc(F)c(Cl)cc1Br. The number of nitrogens with zero attached hydrogens (tertiary/aromatic N) is 1. The molecule has 20 heavy (non-hydrogen) atoms. The van der Waals surface area contributed by atoms with Crippen molar-refractivity contribution in [1.29, 1.82) is 0 Å². The number of rotatable bonds is 3. The van der Waals surface area contributed by atoms with E-state index in [2.05, 4.69) is 20.9 Å². The molecule has 0 fully saturated rings. The predicted octanol–water partition coefficient (Wildman–Crippen LogP) is 3.71. The summed E-state index contributed by atoms with van der Waals surface area (Å²) in [6, 6.07) is 4.93. The maximum absolute atomic E-state index is 13.4. The Morgan fingerprint density at radius 2 is 2.15 bits per heavy atom. The lowest BCUT2D eigenvalue weighted by molar-refractivity contribution is 0.0689. The molecule has 0 bridgehead atoms. The lowest BCUT2D eigenvalue weighted by Crippen LogP contribution is -2.04. The zero-order chi connectivity index (χ0) is 14.9. The first kappa shape index (κ1) is 14.5. The van der Waals surface area contributed by atoms with Crippen LogP contribution in [0.15, 0.2) is 28.7 Å². The molecule has 0 radical (unpaired) electrons. The number of hydrogen-bond acceptors (Lipinski definition) is 4. The maximum Gasteiger partial charge on any atom is 0.354 e. The van der Waals surface area contributed by atoms with Crippen LogP contribution in [0.5, 0.6) is 11.6 Å². The minimum absolute atomic E-state index is 0.0774. The van der Waals surface area contributed by atoms with Gasteiger partial charge in [-0.2, -0.15) is 0 Å². The molecule has 5 nitrogen and oxygen atoms in total. The van der Waals surface area contributed by atoms with Crippen molar-refractivity contribution >= 4 is 39.2 Å². The average Bonchev–Trinajstić information content (AvgIpc) is 2.38. The summed E-state index contributed by atoms with van der Waals surface area (Å²) >= 11 is 8.76. The number of nitrogens with two attached hydrogens (primary N) is 1. The zero-order valence-corrected chi connectivity index (χ0v) is 12.1. The first-order valence-electron chi connectivity index (χ1n) is 5.20. The lowest BCUT2D eigenvalue weighted by Gasteiger charge is -2.10. The van der Waals surface area contributed by atoms with Crippen LogP contribution < -0.4 is 10.5 Å². The molecule has 1 aromatic carbocycles. The summed E-state index contributed by atoms with van der Waals surface area (Å²) in [6.45, 7) is 0. The Hall–Kier alpha value is -1.86. The van der Waals surface area contributed by atoms with Gasteiger partial charge in [-0.25, -0.2) is 14.2 Å². The Bertz CT molecular complexity index is 697. The summed E-state index contributed by atoms with van der Waals surface area (Å²) in [5.41, 5.74) is 5.53. The first-order valence-corrected chi connectivity index (χ1v) is 6.38. The highest BCUT2D eigenvalue weighted by Gasteiger charge is 2.14. The molecule has 0 saturated heterocycles. The van der Waals surface area contributed by atoms with Gasteiger partial charge in [-0.15, -0.1) is 0 Å². The van der Waals surface area contributed by atoms with Crippen molar-refractivity contribution in [3.05, 3.63) is 45.3 Å². The molecule has 104 valence electrons. The van der Waals surface area contributed by atoms with Crippen molar-refractivity contribution in [3.8, 4) is 11.6 Å². The number of benzene rings is 1. The third-order valence-electron chi connectivity index (χ3n) is 2.29. The van der Waals surface area contributed by atoms with Crippen LogP contribution in [-0.2, 0) is 0 Å². The summed E-state index contributed by atoms with van der Waals surface area (Å²) in [7, 11) is 0. The van der Waals surface area contributed by atoms with Crippen LogP contribution in [0.25, 0.3) is 0 Å². The number of halogens is 3. The molecule has 0 aliphatic rings. The number of hydrogen-bond donors (Lipinski definition) is 2. The van der Waals surface area contributed by atoms with E-state index in [0.717, 1.165) is 6.07 Å². The minimum Gasteiger partial charge on any atom is -0.477 e. The smallest absolute Gasteiger partial charge is 0.354 e. The fourth-order valence-electron chi connectivity index (χ4n) is 1.34. The second-order valence-corrected chi connectivity index (χ2v) is 4.96. The highest BCUT2D eigenvalue weighted by molar-refractivity contribution is 9.10.